The van der Waals surface area contributed by atoms with Crippen LogP contribution in [0.15, 0.2) is 0 Å². The zero-order valence-corrected chi connectivity index (χ0v) is 4.36. The molecule has 0 aliphatic heterocycles. The average molecular weight is 122 g/mol. The lowest BCUT2D eigenvalue weighted by Crippen LogP contribution is -2.31. The van der Waals surface area contributed by atoms with Crippen LogP contribution in [0, 0.1) is 0 Å². The third-order valence-electron chi connectivity index (χ3n) is 0.818. The summed E-state index contributed by atoms with van der Waals surface area (Å²) in [5.41, 5.74) is 0. The number of rotatable bonds is 3. The van der Waals surface area contributed by atoms with Crippen molar-refractivity contribution in [1.29, 1.82) is 0 Å². The molecule has 2 atom stereocenters. The summed E-state index contributed by atoms with van der Waals surface area (Å²) in [4.78, 5) is 0. The maximum atomic E-state index is 8.47. The molecule has 0 saturated carbocycles. The van der Waals surface area contributed by atoms with E-state index in [1.807, 2.05) is 0 Å². The molecule has 0 radical (unpaired) electrons. The van der Waals surface area contributed by atoms with Gasteiger partial charge in [-0.1, -0.05) is 0 Å². The van der Waals surface area contributed by atoms with Crippen molar-refractivity contribution in [2.75, 3.05) is 13.2 Å². The lowest BCUT2D eigenvalue weighted by Gasteiger charge is -2.10. The van der Waals surface area contributed by atoms with Crippen LogP contribution in [0.5, 0.6) is 0 Å². The SMILES string of the molecule is OC[C@H](O)[C@@H](O)CO. The maximum Gasteiger partial charge on any atom is 0.105 e. The van der Waals surface area contributed by atoms with Crippen molar-refractivity contribution in [1.82, 2.24) is 0 Å². The summed E-state index contributed by atoms with van der Waals surface area (Å²) in [7, 11) is 0. The second-order valence-electron chi connectivity index (χ2n) is 1.50. The Morgan fingerprint density at radius 2 is 1.12 bits per heavy atom. The number of hydrogen-bond donors (Lipinski definition) is 4. The van der Waals surface area contributed by atoms with E-state index in [0.717, 1.165) is 0 Å². The van der Waals surface area contributed by atoms with Crippen LogP contribution in [0.2, 0.25) is 0 Å². The second kappa shape index (κ2) is 3.80. The van der Waals surface area contributed by atoms with Crippen molar-refractivity contribution in [3.05, 3.63) is 0 Å². The van der Waals surface area contributed by atoms with Gasteiger partial charge >= 0.3 is 0 Å². The van der Waals surface area contributed by atoms with Crippen LogP contribution in [0.25, 0.3) is 0 Å². The number of hydrogen-bond acceptors (Lipinski definition) is 4. The van der Waals surface area contributed by atoms with Gasteiger partial charge in [0.2, 0.25) is 0 Å². The molecule has 0 aliphatic rings. The highest BCUT2D eigenvalue weighted by atomic mass is 16.4. The van der Waals surface area contributed by atoms with E-state index in [4.69, 9.17) is 20.4 Å². The fourth-order valence-corrected chi connectivity index (χ4v) is 0.243. The van der Waals surface area contributed by atoms with Crippen molar-refractivity contribution in [2.24, 2.45) is 0 Å². The molecule has 4 N–H and O–H groups in total. The molecule has 0 aromatic rings. The highest BCUT2D eigenvalue weighted by molar-refractivity contribution is 4.62. The molecule has 0 fully saturated rings. The molecule has 0 spiro atoms. The summed E-state index contributed by atoms with van der Waals surface area (Å²) >= 11 is 0. The van der Waals surface area contributed by atoms with Crippen LogP contribution in [-0.4, -0.2) is 45.8 Å². The molecule has 8 heavy (non-hydrogen) atoms. The van der Waals surface area contributed by atoms with Crippen LogP contribution in [0.1, 0.15) is 0 Å². The average Bonchev–Trinajstić information content (AvgIpc) is 1.84. The molecule has 0 unspecified atom stereocenters. The lowest BCUT2D eigenvalue weighted by molar-refractivity contribution is -0.0388. The molecule has 0 heterocycles. The summed E-state index contributed by atoms with van der Waals surface area (Å²) in [6.07, 6.45) is -2.44. The van der Waals surface area contributed by atoms with Crippen LogP contribution < -0.4 is 0 Å². The number of aliphatic hydroxyl groups is 4. The quantitative estimate of drug-likeness (QED) is 0.339. The van der Waals surface area contributed by atoms with Gasteiger partial charge in [0.25, 0.3) is 0 Å². The van der Waals surface area contributed by atoms with Crippen LogP contribution in [-0.2, 0) is 0 Å². The monoisotopic (exact) mass is 122 g/mol. The van der Waals surface area contributed by atoms with Gasteiger partial charge in [-0.25, -0.2) is 0 Å². The van der Waals surface area contributed by atoms with Gasteiger partial charge in [0, 0.05) is 0 Å². The Bertz CT molecular complexity index is 48.0. The topological polar surface area (TPSA) is 80.9 Å². The minimum Gasteiger partial charge on any atom is -0.394 e. The molecule has 0 aromatic heterocycles. The molecule has 0 bridgehead atoms. The van der Waals surface area contributed by atoms with Gasteiger partial charge < -0.3 is 20.4 Å². The molecule has 0 amide bonds. The fraction of sp³-hybridized carbons (Fsp3) is 1.00. The maximum absolute atomic E-state index is 8.47. The highest BCUT2D eigenvalue weighted by Crippen LogP contribution is 1.88. The first-order valence-electron chi connectivity index (χ1n) is 2.30. The first-order valence-corrected chi connectivity index (χ1v) is 2.30. The molecule has 50 valence electrons. The van der Waals surface area contributed by atoms with E-state index in [1.54, 1.807) is 0 Å². The molecule has 0 rings (SSSR count). The van der Waals surface area contributed by atoms with Gasteiger partial charge in [-0.2, -0.15) is 0 Å². The second-order valence-corrected chi connectivity index (χ2v) is 1.50. The van der Waals surface area contributed by atoms with E-state index in [2.05, 4.69) is 0 Å². The molecule has 0 aromatic carbocycles. The smallest absolute Gasteiger partial charge is 0.105 e. The Morgan fingerprint density at radius 3 is 1.25 bits per heavy atom. The van der Waals surface area contributed by atoms with Gasteiger partial charge in [-0.15, -0.1) is 0 Å². The highest BCUT2D eigenvalue weighted by Gasteiger charge is 2.12. The van der Waals surface area contributed by atoms with Gasteiger partial charge in [-0.3, -0.25) is 0 Å². The first-order chi connectivity index (χ1) is 3.72. The van der Waals surface area contributed by atoms with Crippen molar-refractivity contribution in [3.8, 4) is 0 Å². The lowest BCUT2D eigenvalue weighted by atomic mass is 10.2. The predicted molar refractivity (Wildman–Crippen MR) is 26.2 cm³/mol. The fourth-order valence-electron chi connectivity index (χ4n) is 0.243. The predicted octanol–water partition coefficient (Wildman–Crippen LogP) is -2.31. The molecule has 0 aliphatic carbocycles. The van der Waals surface area contributed by atoms with E-state index in [0.29, 0.717) is 0 Å². The van der Waals surface area contributed by atoms with E-state index in [-0.39, 0.29) is 0 Å². The standard InChI is InChI=1S/C4H10O4/c5-1-3(7)4(8)2-6/h3-8H,1-2H2/t3-,4-/m0/s1. The minimum absolute atomic E-state index is 0.526. The van der Waals surface area contributed by atoms with Crippen molar-refractivity contribution in [3.63, 3.8) is 0 Å². The minimum atomic E-state index is -1.22. The van der Waals surface area contributed by atoms with Crippen molar-refractivity contribution >= 4 is 0 Å². The van der Waals surface area contributed by atoms with Crippen LogP contribution in [0.3, 0.4) is 0 Å². The third-order valence-corrected chi connectivity index (χ3v) is 0.818. The van der Waals surface area contributed by atoms with Gasteiger partial charge in [-0.05, 0) is 0 Å². The normalized spacial score (nSPS) is 18.0. The summed E-state index contributed by atoms with van der Waals surface area (Å²) in [5, 5.41) is 33.2. The first kappa shape index (κ1) is 7.84. The zero-order chi connectivity index (χ0) is 6.57. The summed E-state index contributed by atoms with van der Waals surface area (Å²) < 4.78 is 0. The summed E-state index contributed by atoms with van der Waals surface area (Å²) in [5.74, 6) is 0. The van der Waals surface area contributed by atoms with Crippen LogP contribution >= 0.6 is 0 Å². The Kier molecular flexibility index (Phi) is 3.72. The van der Waals surface area contributed by atoms with Gasteiger partial charge in [0.15, 0.2) is 0 Å². The Balaban J connectivity index is 3.29. The zero-order valence-electron chi connectivity index (χ0n) is 4.36. The Morgan fingerprint density at radius 1 is 0.875 bits per heavy atom. The van der Waals surface area contributed by atoms with Crippen molar-refractivity contribution in [2.45, 2.75) is 12.2 Å². The molecular formula is C4H10O4. The van der Waals surface area contributed by atoms with Crippen molar-refractivity contribution < 1.29 is 20.4 Å². The van der Waals surface area contributed by atoms with E-state index < -0.39 is 25.4 Å². The van der Waals surface area contributed by atoms with E-state index in [1.165, 1.54) is 0 Å². The largest absolute Gasteiger partial charge is 0.394 e. The molecule has 4 nitrogen and oxygen atoms in total. The van der Waals surface area contributed by atoms with E-state index >= 15 is 0 Å². The van der Waals surface area contributed by atoms with Gasteiger partial charge in [0.1, 0.15) is 12.2 Å². The number of aliphatic hydroxyl groups excluding tert-OH is 4. The summed E-state index contributed by atoms with van der Waals surface area (Å²) in [6, 6.07) is 0. The Hall–Kier alpha value is -0.160. The summed E-state index contributed by atoms with van der Waals surface area (Å²) in [6.45, 7) is -1.05. The Labute approximate surface area is 47.0 Å². The third kappa shape index (κ3) is 2.23. The van der Waals surface area contributed by atoms with Gasteiger partial charge in [0.05, 0.1) is 13.2 Å². The van der Waals surface area contributed by atoms with E-state index in [9.17, 15) is 0 Å². The van der Waals surface area contributed by atoms with Crippen LogP contribution in [0.4, 0.5) is 0 Å². The molecule has 4 heteroatoms. The molecule has 0 saturated heterocycles. The molecular weight excluding hydrogens is 112 g/mol.